The highest BCUT2D eigenvalue weighted by Gasteiger charge is 2.40. The molecule has 0 saturated heterocycles. The number of imide groups is 1. The molecule has 5 nitrogen and oxygen atoms in total. The maximum atomic E-state index is 13.4. The van der Waals surface area contributed by atoms with Crippen LogP contribution in [0.1, 0.15) is 16.7 Å². The molecule has 3 aromatic rings. The number of methoxy groups -OCH3 is 1. The molecule has 0 saturated carbocycles. The lowest BCUT2D eigenvalue weighted by Crippen LogP contribution is -2.32. The van der Waals surface area contributed by atoms with Crippen molar-refractivity contribution in [2.45, 2.75) is 13.8 Å². The molecule has 156 valence electrons. The predicted octanol–water partition coefficient (Wildman–Crippen LogP) is 4.85. The summed E-state index contributed by atoms with van der Waals surface area (Å²) in [6.45, 7) is 3.93. The Kier molecular flexibility index (Phi) is 5.29. The normalized spacial score (nSPS) is 13.7. The number of aryl methyl sites for hydroxylation is 1. The first-order chi connectivity index (χ1) is 14.9. The van der Waals surface area contributed by atoms with Crippen molar-refractivity contribution < 1.29 is 18.7 Å². The van der Waals surface area contributed by atoms with Gasteiger partial charge in [-0.25, -0.2) is 9.29 Å². The number of ether oxygens (including phenoxy) is 1. The van der Waals surface area contributed by atoms with Crippen LogP contribution in [0.5, 0.6) is 5.75 Å². The molecule has 6 heteroatoms. The van der Waals surface area contributed by atoms with Gasteiger partial charge in [0.15, 0.2) is 0 Å². The molecule has 31 heavy (non-hydrogen) atoms. The minimum atomic E-state index is -0.497. The fourth-order valence-electron chi connectivity index (χ4n) is 3.52. The monoisotopic (exact) mass is 416 g/mol. The fourth-order valence-corrected chi connectivity index (χ4v) is 3.52. The molecule has 2 amide bonds. The Bertz CT molecular complexity index is 1200. The van der Waals surface area contributed by atoms with Crippen molar-refractivity contribution in [1.82, 2.24) is 0 Å². The summed E-state index contributed by atoms with van der Waals surface area (Å²) in [6.07, 6.45) is 0. The molecule has 0 atom stereocenters. The first kappa shape index (κ1) is 20.3. The van der Waals surface area contributed by atoms with E-state index in [-0.39, 0.29) is 11.3 Å². The highest BCUT2D eigenvalue weighted by atomic mass is 19.1. The second-order valence-electron chi connectivity index (χ2n) is 7.27. The van der Waals surface area contributed by atoms with Gasteiger partial charge in [0, 0.05) is 5.69 Å². The van der Waals surface area contributed by atoms with Crippen LogP contribution in [-0.4, -0.2) is 18.9 Å². The van der Waals surface area contributed by atoms with E-state index in [1.807, 2.05) is 32.0 Å². The summed E-state index contributed by atoms with van der Waals surface area (Å²) in [5.41, 5.74) is 4.08. The van der Waals surface area contributed by atoms with E-state index in [0.717, 1.165) is 21.7 Å². The lowest BCUT2D eigenvalue weighted by Gasteiger charge is -2.16. The Labute approximate surface area is 179 Å². The van der Waals surface area contributed by atoms with Gasteiger partial charge < -0.3 is 10.1 Å². The van der Waals surface area contributed by atoms with Gasteiger partial charge in [-0.15, -0.1) is 0 Å². The summed E-state index contributed by atoms with van der Waals surface area (Å²) in [5.74, 6) is -0.779. The first-order valence-corrected chi connectivity index (χ1v) is 9.77. The molecule has 0 aliphatic carbocycles. The molecule has 0 spiro atoms. The Morgan fingerprint density at radius 3 is 2.19 bits per heavy atom. The second kappa shape index (κ2) is 8.07. The van der Waals surface area contributed by atoms with E-state index in [4.69, 9.17) is 4.74 Å². The average Bonchev–Trinajstić information content (AvgIpc) is 3.01. The zero-order valence-electron chi connectivity index (χ0n) is 17.4. The van der Waals surface area contributed by atoms with Crippen LogP contribution in [0.25, 0.3) is 5.57 Å². The minimum absolute atomic E-state index is 0.174. The molecular weight excluding hydrogens is 395 g/mol. The Hall–Kier alpha value is -3.93. The number of hydrogen-bond donors (Lipinski definition) is 1. The summed E-state index contributed by atoms with van der Waals surface area (Å²) in [7, 11) is 1.56. The molecular formula is C25H21FN2O3. The Balaban J connectivity index is 1.83. The maximum absolute atomic E-state index is 13.4. The summed E-state index contributed by atoms with van der Waals surface area (Å²) in [4.78, 5) is 27.8. The van der Waals surface area contributed by atoms with Crippen LogP contribution in [0.2, 0.25) is 0 Å². The third-order valence-corrected chi connectivity index (χ3v) is 5.41. The van der Waals surface area contributed by atoms with Gasteiger partial charge in [0.1, 0.15) is 17.3 Å². The predicted molar refractivity (Wildman–Crippen MR) is 118 cm³/mol. The number of halogens is 1. The molecule has 1 aliphatic rings. The zero-order valence-corrected chi connectivity index (χ0v) is 17.4. The van der Waals surface area contributed by atoms with Crippen molar-refractivity contribution in [3.8, 4) is 5.75 Å². The van der Waals surface area contributed by atoms with Crippen molar-refractivity contribution in [3.05, 3.63) is 94.9 Å². The number of rotatable bonds is 5. The highest BCUT2D eigenvalue weighted by molar-refractivity contribution is 6.46. The van der Waals surface area contributed by atoms with Crippen LogP contribution in [0, 0.1) is 19.7 Å². The lowest BCUT2D eigenvalue weighted by atomic mass is 10.0. The zero-order chi connectivity index (χ0) is 22.1. The van der Waals surface area contributed by atoms with Gasteiger partial charge in [0.25, 0.3) is 11.8 Å². The number of carbonyl (C=O) groups is 2. The van der Waals surface area contributed by atoms with Crippen LogP contribution in [0.15, 0.2) is 72.4 Å². The lowest BCUT2D eigenvalue weighted by molar-refractivity contribution is -0.120. The van der Waals surface area contributed by atoms with E-state index >= 15 is 0 Å². The number of nitrogens with zero attached hydrogens (tertiary/aromatic N) is 1. The third-order valence-electron chi connectivity index (χ3n) is 5.41. The Morgan fingerprint density at radius 1 is 0.871 bits per heavy atom. The standard InChI is InChI=1S/C25H21FN2O3/c1-15-5-4-6-21(16(15)2)27-23-22(17-7-13-20(31-3)14-8-17)24(29)28(25(23)30)19-11-9-18(26)10-12-19/h4-14,27H,1-3H3. The number of anilines is 2. The summed E-state index contributed by atoms with van der Waals surface area (Å²) >= 11 is 0. The number of amides is 2. The molecule has 0 fully saturated rings. The fraction of sp³-hybridized carbons (Fsp3) is 0.120. The van der Waals surface area contributed by atoms with Crippen molar-refractivity contribution >= 4 is 28.8 Å². The number of hydrogen-bond acceptors (Lipinski definition) is 4. The van der Waals surface area contributed by atoms with Gasteiger partial charge >= 0.3 is 0 Å². The summed E-state index contributed by atoms with van der Waals surface area (Å²) in [5, 5.41) is 3.18. The van der Waals surface area contributed by atoms with E-state index in [2.05, 4.69) is 5.32 Å². The van der Waals surface area contributed by atoms with Gasteiger partial charge in [0.2, 0.25) is 0 Å². The van der Waals surface area contributed by atoms with E-state index in [1.54, 1.807) is 31.4 Å². The molecule has 0 unspecified atom stereocenters. The second-order valence-corrected chi connectivity index (χ2v) is 7.27. The van der Waals surface area contributed by atoms with Gasteiger partial charge in [-0.05, 0) is 73.0 Å². The van der Waals surface area contributed by atoms with Crippen molar-refractivity contribution in [2.75, 3.05) is 17.3 Å². The molecule has 1 aliphatic heterocycles. The van der Waals surface area contributed by atoms with Gasteiger partial charge in [-0.3, -0.25) is 9.59 Å². The summed E-state index contributed by atoms with van der Waals surface area (Å²) in [6, 6.07) is 17.9. The van der Waals surface area contributed by atoms with Crippen LogP contribution < -0.4 is 15.0 Å². The van der Waals surface area contributed by atoms with Gasteiger partial charge in [-0.2, -0.15) is 0 Å². The molecule has 3 aromatic carbocycles. The van der Waals surface area contributed by atoms with E-state index in [9.17, 15) is 14.0 Å². The number of carbonyl (C=O) groups excluding carboxylic acids is 2. The quantitative estimate of drug-likeness (QED) is 0.604. The van der Waals surface area contributed by atoms with Crippen LogP contribution in [0.3, 0.4) is 0 Å². The van der Waals surface area contributed by atoms with Crippen LogP contribution in [0.4, 0.5) is 15.8 Å². The van der Waals surface area contributed by atoms with Gasteiger partial charge in [-0.1, -0.05) is 24.3 Å². The van der Waals surface area contributed by atoms with Crippen molar-refractivity contribution in [2.24, 2.45) is 0 Å². The SMILES string of the molecule is COc1ccc(C2=C(Nc3cccc(C)c3C)C(=O)N(c3ccc(F)cc3)C2=O)cc1. The number of benzene rings is 3. The van der Waals surface area contributed by atoms with Crippen molar-refractivity contribution in [3.63, 3.8) is 0 Å². The molecule has 0 radical (unpaired) electrons. The van der Waals surface area contributed by atoms with Crippen molar-refractivity contribution in [1.29, 1.82) is 0 Å². The minimum Gasteiger partial charge on any atom is -0.497 e. The van der Waals surface area contributed by atoms with Crippen LogP contribution >= 0.6 is 0 Å². The Morgan fingerprint density at radius 2 is 1.55 bits per heavy atom. The number of nitrogens with one attached hydrogen (secondary N) is 1. The van der Waals surface area contributed by atoms with E-state index in [0.29, 0.717) is 17.0 Å². The third kappa shape index (κ3) is 3.68. The molecule has 1 N–H and O–H groups in total. The molecule has 1 heterocycles. The van der Waals surface area contributed by atoms with E-state index in [1.165, 1.54) is 24.3 Å². The highest BCUT2D eigenvalue weighted by Crippen LogP contribution is 2.35. The summed E-state index contributed by atoms with van der Waals surface area (Å²) < 4.78 is 18.6. The largest absolute Gasteiger partial charge is 0.497 e. The van der Waals surface area contributed by atoms with Gasteiger partial charge in [0.05, 0.1) is 18.4 Å². The van der Waals surface area contributed by atoms with E-state index < -0.39 is 17.6 Å². The molecule has 0 bridgehead atoms. The van der Waals surface area contributed by atoms with Crippen LogP contribution in [-0.2, 0) is 9.59 Å². The smallest absolute Gasteiger partial charge is 0.282 e. The average molecular weight is 416 g/mol. The first-order valence-electron chi connectivity index (χ1n) is 9.77. The topological polar surface area (TPSA) is 58.6 Å². The maximum Gasteiger partial charge on any atom is 0.282 e. The molecule has 4 rings (SSSR count). The molecule has 0 aromatic heterocycles.